The van der Waals surface area contributed by atoms with Crippen molar-refractivity contribution in [3.63, 3.8) is 0 Å². The van der Waals surface area contributed by atoms with Gasteiger partial charge in [0.25, 0.3) is 0 Å². The van der Waals surface area contributed by atoms with Gasteiger partial charge in [-0.2, -0.15) is 0 Å². The summed E-state index contributed by atoms with van der Waals surface area (Å²) in [5, 5.41) is 10.6. The molecule has 30 heavy (non-hydrogen) atoms. The Morgan fingerprint density at radius 3 is 1.60 bits per heavy atom. The molecule has 3 rings (SSSR count). The van der Waals surface area contributed by atoms with Crippen LogP contribution in [0.15, 0.2) is 91.0 Å². The minimum Gasteiger partial charge on any atom is -0.388 e. The van der Waals surface area contributed by atoms with Gasteiger partial charge in [0.2, 0.25) is 0 Å². The molecular weight excluding hydrogens is 372 g/mol. The minimum absolute atomic E-state index is 0.173. The van der Waals surface area contributed by atoms with Crippen LogP contribution in [0.5, 0.6) is 0 Å². The summed E-state index contributed by atoms with van der Waals surface area (Å²) in [4.78, 5) is 0. The number of aliphatic hydroxyl groups is 1. The largest absolute Gasteiger partial charge is 0.388 e. The minimum atomic E-state index is -0.813. The highest BCUT2D eigenvalue weighted by Crippen LogP contribution is 2.40. The third-order valence-corrected chi connectivity index (χ3v) is 5.24. The Morgan fingerprint density at radius 2 is 1.17 bits per heavy atom. The van der Waals surface area contributed by atoms with E-state index < -0.39 is 11.7 Å². The van der Waals surface area contributed by atoms with E-state index in [0.29, 0.717) is 6.61 Å². The third kappa shape index (κ3) is 5.57. The highest BCUT2D eigenvalue weighted by Gasteiger charge is 2.37. The summed E-state index contributed by atoms with van der Waals surface area (Å²) in [5.74, 6) is 0. The molecule has 0 fully saturated rings. The monoisotopic (exact) mass is 404 g/mol. The summed E-state index contributed by atoms with van der Waals surface area (Å²) >= 11 is 0. The average molecular weight is 405 g/mol. The van der Waals surface area contributed by atoms with E-state index in [1.807, 2.05) is 54.6 Å². The fourth-order valence-corrected chi connectivity index (χ4v) is 3.71. The second kappa shape index (κ2) is 11.7. The Hall–Kier alpha value is -2.46. The van der Waals surface area contributed by atoms with Crippen molar-refractivity contribution in [3.8, 4) is 0 Å². The maximum atomic E-state index is 10.6. The van der Waals surface area contributed by atoms with E-state index in [-0.39, 0.29) is 13.2 Å². The van der Waals surface area contributed by atoms with E-state index in [4.69, 9.17) is 9.47 Å². The molecule has 3 aromatic carbocycles. The molecule has 3 nitrogen and oxygen atoms in total. The summed E-state index contributed by atoms with van der Waals surface area (Å²) in [6.45, 7) is 3.29. The van der Waals surface area contributed by atoms with Crippen LogP contribution >= 0.6 is 0 Å². The van der Waals surface area contributed by atoms with Crippen molar-refractivity contribution in [2.75, 3.05) is 19.8 Å². The average Bonchev–Trinajstić information content (AvgIpc) is 2.81. The molecule has 3 aromatic rings. The Kier molecular flexibility index (Phi) is 8.64. The van der Waals surface area contributed by atoms with Crippen LogP contribution in [-0.4, -0.2) is 31.0 Å². The Morgan fingerprint density at radius 1 is 0.700 bits per heavy atom. The van der Waals surface area contributed by atoms with Gasteiger partial charge in [-0.25, -0.2) is 0 Å². The molecule has 0 spiro atoms. The number of benzene rings is 3. The number of unbranched alkanes of at least 4 members (excludes halogenated alkanes) is 2. The predicted octanol–water partition coefficient (Wildman–Crippen LogP) is 5.56. The van der Waals surface area contributed by atoms with Crippen LogP contribution in [0.25, 0.3) is 0 Å². The van der Waals surface area contributed by atoms with Crippen molar-refractivity contribution in [2.45, 2.75) is 37.9 Å². The molecule has 0 aliphatic heterocycles. The zero-order valence-electron chi connectivity index (χ0n) is 17.7. The van der Waals surface area contributed by atoms with Crippen molar-refractivity contribution in [1.29, 1.82) is 0 Å². The number of ether oxygens (including phenoxy) is 2. The highest BCUT2D eigenvalue weighted by molar-refractivity contribution is 5.47. The lowest BCUT2D eigenvalue weighted by Crippen LogP contribution is -2.36. The molecule has 0 saturated carbocycles. The smallest absolute Gasteiger partial charge is 0.143 e. The first kappa shape index (κ1) is 22.2. The van der Waals surface area contributed by atoms with Crippen molar-refractivity contribution < 1.29 is 14.6 Å². The van der Waals surface area contributed by atoms with E-state index in [9.17, 15) is 5.11 Å². The second-order valence-corrected chi connectivity index (χ2v) is 7.53. The SMILES string of the molecule is CCCCCOCC(O)COC(c1ccccc1)(c1ccccc1)c1ccccc1. The van der Waals surface area contributed by atoms with Crippen molar-refractivity contribution in [1.82, 2.24) is 0 Å². The molecule has 0 aliphatic carbocycles. The Labute approximate surface area is 180 Å². The molecule has 0 radical (unpaired) electrons. The maximum absolute atomic E-state index is 10.6. The van der Waals surface area contributed by atoms with Crippen LogP contribution in [0, 0.1) is 0 Å². The number of aliphatic hydroxyl groups excluding tert-OH is 1. The van der Waals surface area contributed by atoms with Crippen LogP contribution < -0.4 is 0 Å². The summed E-state index contributed by atoms with van der Waals surface area (Å²) in [6, 6.07) is 30.6. The van der Waals surface area contributed by atoms with E-state index in [1.165, 1.54) is 0 Å². The normalized spacial score (nSPS) is 12.6. The van der Waals surface area contributed by atoms with Gasteiger partial charge in [0.1, 0.15) is 11.7 Å². The van der Waals surface area contributed by atoms with Crippen LogP contribution in [0.2, 0.25) is 0 Å². The maximum Gasteiger partial charge on any atom is 0.143 e. The zero-order valence-corrected chi connectivity index (χ0v) is 17.7. The fourth-order valence-electron chi connectivity index (χ4n) is 3.71. The van der Waals surface area contributed by atoms with E-state index in [1.54, 1.807) is 0 Å². The van der Waals surface area contributed by atoms with Crippen LogP contribution in [0.3, 0.4) is 0 Å². The summed E-state index contributed by atoms with van der Waals surface area (Å²) < 4.78 is 12.2. The number of rotatable bonds is 12. The first-order valence-corrected chi connectivity index (χ1v) is 10.8. The van der Waals surface area contributed by atoms with Gasteiger partial charge >= 0.3 is 0 Å². The van der Waals surface area contributed by atoms with Crippen molar-refractivity contribution in [2.24, 2.45) is 0 Å². The van der Waals surface area contributed by atoms with E-state index in [2.05, 4.69) is 43.3 Å². The molecular formula is C27H32O3. The van der Waals surface area contributed by atoms with Gasteiger partial charge in [0.15, 0.2) is 0 Å². The van der Waals surface area contributed by atoms with Crippen LogP contribution in [0.4, 0.5) is 0 Å². The molecule has 0 aromatic heterocycles. The first-order valence-electron chi connectivity index (χ1n) is 10.8. The fraction of sp³-hybridized carbons (Fsp3) is 0.333. The van der Waals surface area contributed by atoms with Crippen LogP contribution in [-0.2, 0) is 15.1 Å². The van der Waals surface area contributed by atoms with Crippen LogP contribution in [0.1, 0.15) is 42.9 Å². The second-order valence-electron chi connectivity index (χ2n) is 7.53. The molecule has 1 unspecified atom stereocenters. The molecule has 158 valence electrons. The number of hydrogen-bond donors (Lipinski definition) is 1. The van der Waals surface area contributed by atoms with Gasteiger partial charge in [-0.15, -0.1) is 0 Å². The molecule has 0 bridgehead atoms. The Balaban J connectivity index is 1.88. The lowest BCUT2D eigenvalue weighted by molar-refractivity contribution is -0.0641. The lowest BCUT2D eigenvalue weighted by Gasteiger charge is -2.36. The molecule has 3 heteroatoms. The lowest BCUT2D eigenvalue weighted by atomic mass is 9.80. The zero-order chi connectivity index (χ0) is 21.1. The molecule has 0 aliphatic rings. The van der Waals surface area contributed by atoms with E-state index >= 15 is 0 Å². The number of hydrogen-bond acceptors (Lipinski definition) is 3. The first-order chi connectivity index (χ1) is 14.8. The van der Waals surface area contributed by atoms with Gasteiger partial charge in [0.05, 0.1) is 13.2 Å². The van der Waals surface area contributed by atoms with Gasteiger partial charge in [-0.05, 0) is 23.1 Å². The highest BCUT2D eigenvalue weighted by atomic mass is 16.5. The van der Waals surface area contributed by atoms with E-state index in [0.717, 1.165) is 36.0 Å². The van der Waals surface area contributed by atoms with Gasteiger partial charge in [0, 0.05) is 6.61 Å². The summed E-state index contributed by atoms with van der Waals surface area (Å²) in [6.07, 6.45) is 2.63. The molecule has 0 saturated heterocycles. The molecule has 1 atom stereocenters. The van der Waals surface area contributed by atoms with Gasteiger partial charge in [-0.3, -0.25) is 0 Å². The molecule has 1 N–H and O–H groups in total. The summed E-state index contributed by atoms with van der Waals surface area (Å²) in [5.41, 5.74) is 2.27. The quantitative estimate of drug-likeness (QED) is 0.317. The summed E-state index contributed by atoms with van der Waals surface area (Å²) in [7, 11) is 0. The van der Waals surface area contributed by atoms with Crippen molar-refractivity contribution in [3.05, 3.63) is 108 Å². The topological polar surface area (TPSA) is 38.7 Å². The predicted molar refractivity (Wildman–Crippen MR) is 122 cm³/mol. The standard InChI is InChI=1S/C27H32O3/c1-2-3-13-20-29-21-26(28)22-30-27(23-14-7-4-8-15-23,24-16-9-5-10-17-24)25-18-11-6-12-19-25/h4-12,14-19,26,28H,2-3,13,20-22H2,1H3. The molecule has 0 amide bonds. The van der Waals surface area contributed by atoms with Gasteiger partial charge < -0.3 is 14.6 Å². The molecule has 0 heterocycles. The van der Waals surface area contributed by atoms with Gasteiger partial charge in [-0.1, -0.05) is 111 Å². The Bertz CT molecular complexity index is 737. The third-order valence-electron chi connectivity index (χ3n) is 5.24. The van der Waals surface area contributed by atoms with Crippen molar-refractivity contribution >= 4 is 0 Å².